The molecule has 5 nitrogen and oxygen atoms in total. The maximum atomic E-state index is 12.4. The lowest BCUT2D eigenvalue weighted by molar-refractivity contribution is -0.131. The summed E-state index contributed by atoms with van der Waals surface area (Å²) in [7, 11) is 0. The summed E-state index contributed by atoms with van der Waals surface area (Å²) in [5.41, 5.74) is 0.943. The quantitative estimate of drug-likeness (QED) is 0.512. The van der Waals surface area contributed by atoms with Crippen LogP contribution in [0, 0.1) is 12.3 Å². The molecule has 0 aliphatic carbocycles. The monoisotopic (exact) mass is 346 g/mol. The van der Waals surface area contributed by atoms with E-state index in [1.807, 2.05) is 36.1 Å². The van der Waals surface area contributed by atoms with E-state index in [0.717, 1.165) is 31.2 Å². The van der Waals surface area contributed by atoms with Gasteiger partial charge in [0.2, 0.25) is 5.91 Å². The van der Waals surface area contributed by atoms with Crippen molar-refractivity contribution in [2.75, 3.05) is 39.3 Å². The van der Waals surface area contributed by atoms with Gasteiger partial charge in [-0.3, -0.25) is 4.79 Å². The van der Waals surface area contributed by atoms with Gasteiger partial charge in [0.25, 0.3) is 0 Å². The van der Waals surface area contributed by atoms with Gasteiger partial charge >= 0.3 is 0 Å². The summed E-state index contributed by atoms with van der Waals surface area (Å²) in [6.07, 6.45) is 5.66. The predicted molar refractivity (Wildman–Crippen MR) is 98.1 cm³/mol. The molecule has 2 rings (SSSR count). The molecular formula is C18H23ClN4O. The Kier molecular flexibility index (Phi) is 6.95. The van der Waals surface area contributed by atoms with Crippen LogP contribution in [0.25, 0.3) is 0 Å². The number of carbonyl (C=O) groups excluding carboxylic acids is 1. The van der Waals surface area contributed by atoms with Crippen molar-refractivity contribution in [1.29, 1.82) is 0 Å². The Labute approximate surface area is 148 Å². The SMILES string of the molecule is C#CCN=C(NCC)N1CCN(C(=O)Cc2cccc(Cl)c2)CC1. The number of terminal acetylenes is 1. The molecule has 6 heteroatoms. The first-order valence-electron chi connectivity index (χ1n) is 8.13. The number of piperazine rings is 1. The average molecular weight is 347 g/mol. The summed E-state index contributed by atoms with van der Waals surface area (Å²) in [6.45, 7) is 6.03. The van der Waals surface area contributed by atoms with E-state index in [4.69, 9.17) is 18.0 Å². The third-order valence-electron chi connectivity index (χ3n) is 3.83. The zero-order chi connectivity index (χ0) is 17.4. The third kappa shape index (κ3) is 5.17. The second-order valence-electron chi connectivity index (χ2n) is 5.55. The second kappa shape index (κ2) is 9.19. The lowest BCUT2D eigenvalue weighted by Gasteiger charge is -2.36. The van der Waals surface area contributed by atoms with Crippen molar-refractivity contribution in [1.82, 2.24) is 15.1 Å². The molecule has 1 saturated heterocycles. The van der Waals surface area contributed by atoms with Crippen LogP contribution in [0.5, 0.6) is 0 Å². The minimum Gasteiger partial charge on any atom is -0.356 e. The standard InChI is InChI=1S/C18H23ClN4O/c1-3-8-21-18(20-4-2)23-11-9-22(10-12-23)17(24)14-15-6-5-7-16(19)13-15/h1,5-7,13H,4,8-12,14H2,2H3,(H,20,21). The van der Waals surface area contributed by atoms with Gasteiger partial charge in [0.05, 0.1) is 6.42 Å². The number of aliphatic imine (C=N–C) groups is 1. The number of guanidine groups is 1. The van der Waals surface area contributed by atoms with Crippen LogP contribution in [0.2, 0.25) is 5.02 Å². The number of benzene rings is 1. The number of nitrogens with one attached hydrogen (secondary N) is 1. The molecule has 1 aromatic carbocycles. The number of hydrogen-bond donors (Lipinski definition) is 1. The van der Waals surface area contributed by atoms with Crippen molar-refractivity contribution >= 4 is 23.5 Å². The first kappa shape index (κ1) is 18.2. The van der Waals surface area contributed by atoms with E-state index in [1.165, 1.54) is 0 Å². The molecule has 1 heterocycles. The molecule has 24 heavy (non-hydrogen) atoms. The Morgan fingerprint density at radius 3 is 2.67 bits per heavy atom. The number of rotatable bonds is 4. The molecule has 1 amide bonds. The summed E-state index contributed by atoms with van der Waals surface area (Å²) >= 11 is 5.97. The molecule has 128 valence electrons. The molecular weight excluding hydrogens is 324 g/mol. The van der Waals surface area contributed by atoms with Crippen molar-refractivity contribution < 1.29 is 4.79 Å². The molecule has 0 aromatic heterocycles. The normalized spacial score (nSPS) is 15.1. The van der Waals surface area contributed by atoms with Gasteiger partial charge in [0.1, 0.15) is 6.54 Å². The fourth-order valence-corrected chi connectivity index (χ4v) is 2.86. The largest absolute Gasteiger partial charge is 0.356 e. The van der Waals surface area contributed by atoms with Crippen LogP contribution in [0.15, 0.2) is 29.3 Å². The molecule has 1 fully saturated rings. The molecule has 0 unspecified atom stereocenters. The van der Waals surface area contributed by atoms with E-state index < -0.39 is 0 Å². The van der Waals surface area contributed by atoms with Crippen molar-refractivity contribution in [3.05, 3.63) is 34.9 Å². The van der Waals surface area contributed by atoms with Gasteiger partial charge in [-0.15, -0.1) is 6.42 Å². The Hall–Kier alpha value is -2.19. The number of halogens is 1. The summed E-state index contributed by atoms with van der Waals surface area (Å²) in [6, 6.07) is 7.45. The zero-order valence-electron chi connectivity index (χ0n) is 14.0. The van der Waals surface area contributed by atoms with E-state index in [0.29, 0.717) is 31.1 Å². The van der Waals surface area contributed by atoms with E-state index in [-0.39, 0.29) is 5.91 Å². The van der Waals surface area contributed by atoms with Crippen LogP contribution in [-0.2, 0) is 11.2 Å². The fraction of sp³-hybridized carbons (Fsp3) is 0.444. The van der Waals surface area contributed by atoms with E-state index >= 15 is 0 Å². The average Bonchev–Trinajstić information content (AvgIpc) is 2.59. The summed E-state index contributed by atoms with van der Waals surface area (Å²) in [5.74, 6) is 3.47. The highest BCUT2D eigenvalue weighted by Crippen LogP contribution is 2.13. The number of amides is 1. The molecule has 1 N–H and O–H groups in total. The number of carbonyl (C=O) groups is 1. The van der Waals surface area contributed by atoms with Crippen molar-refractivity contribution in [3.63, 3.8) is 0 Å². The van der Waals surface area contributed by atoms with Crippen molar-refractivity contribution in [2.24, 2.45) is 4.99 Å². The Morgan fingerprint density at radius 1 is 1.33 bits per heavy atom. The highest BCUT2D eigenvalue weighted by atomic mass is 35.5. The van der Waals surface area contributed by atoms with Gasteiger partial charge < -0.3 is 15.1 Å². The maximum Gasteiger partial charge on any atom is 0.227 e. The topological polar surface area (TPSA) is 47.9 Å². The van der Waals surface area contributed by atoms with Gasteiger partial charge in [-0.05, 0) is 24.6 Å². The van der Waals surface area contributed by atoms with E-state index in [1.54, 1.807) is 0 Å². The molecule has 0 saturated carbocycles. The van der Waals surface area contributed by atoms with Gasteiger partial charge in [-0.25, -0.2) is 4.99 Å². The van der Waals surface area contributed by atoms with Crippen LogP contribution in [0.4, 0.5) is 0 Å². The molecule has 0 radical (unpaired) electrons. The van der Waals surface area contributed by atoms with Crippen molar-refractivity contribution in [2.45, 2.75) is 13.3 Å². The second-order valence-corrected chi connectivity index (χ2v) is 5.99. The smallest absolute Gasteiger partial charge is 0.227 e. The lowest BCUT2D eigenvalue weighted by Crippen LogP contribution is -2.54. The lowest BCUT2D eigenvalue weighted by atomic mass is 10.1. The van der Waals surface area contributed by atoms with Crippen LogP contribution >= 0.6 is 11.6 Å². The molecule has 0 atom stereocenters. The minimum absolute atomic E-state index is 0.127. The summed E-state index contributed by atoms with van der Waals surface area (Å²) in [5, 5.41) is 3.90. The van der Waals surface area contributed by atoms with Crippen LogP contribution < -0.4 is 5.32 Å². The van der Waals surface area contributed by atoms with Gasteiger partial charge in [0.15, 0.2) is 5.96 Å². The Bertz CT molecular complexity index is 630. The highest BCUT2D eigenvalue weighted by molar-refractivity contribution is 6.30. The van der Waals surface area contributed by atoms with Crippen LogP contribution in [0.3, 0.4) is 0 Å². The van der Waals surface area contributed by atoms with Gasteiger partial charge in [0, 0.05) is 37.7 Å². The Balaban J connectivity index is 1.89. The molecule has 0 bridgehead atoms. The summed E-state index contributed by atoms with van der Waals surface area (Å²) < 4.78 is 0. The van der Waals surface area contributed by atoms with Gasteiger partial charge in [-0.1, -0.05) is 29.7 Å². The van der Waals surface area contributed by atoms with Crippen LogP contribution in [-0.4, -0.2) is 60.9 Å². The highest BCUT2D eigenvalue weighted by Gasteiger charge is 2.22. The molecule has 1 aromatic rings. The first-order chi connectivity index (χ1) is 11.6. The zero-order valence-corrected chi connectivity index (χ0v) is 14.7. The van der Waals surface area contributed by atoms with Crippen LogP contribution in [0.1, 0.15) is 12.5 Å². The molecule has 1 aliphatic rings. The van der Waals surface area contributed by atoms with E-state index in [9.17, 15) is 4.79 Å². The third-order valence-corrected chi connectivity index (χ3v) is 4.07. The Morgan fingerprint density at radius 2 is 2.04 bits per heavy atom. The molecule has 1 aliphatic heterocycles. The maximum absolute atomic E-state index is 12.4. The first-order valence-corrected chi connectivity index (χ1v) is 8.50. The number of hydrogen-bond acceptors (Lipinski definition) is 2. The number of nitrogens with zero attached hydrogens (tertiary/aromatic N) is 3. The molecule has 0 spiro atoms. The van der Waals surface area contributed by atoms with Crippen molar-refractivity contribution in [3.8, 4) is 12.3 Å². The predicted octanol–water partition coefficient (Wildman–Crippen LogP) is 1.63. The summed E-state index contributed by atoms with van der Waals surface area (Å²) in [4.78, 5) is 20.9. The van der Waals surface area contributed by atoms with E-state index in [2.05, 4.69) is 21.1 Å². The van der Waals surface area contributed by atoms with Gasteiger partial charge in [-0.2, -0.15) is 0 Å². The fourth-order valence-electron chi connectivity index (χ4n) is 2.65. The minimum atomic E-state index is 0.127.